The van der Waals surface area contributed by atoms with Crippen LogP contribution in [0.3, 0.4) is 0 Å². The van der Waals surface area contributed by atoms with Crippen LogP contribution in [0, 0.1) is 0 Å². The minimum atomic E-state index is -0.732. The average Bonchev–Trinajstić information content (AvgIpc) is 2.93. The normalized spacial score (nSPS) is 12.0. The van der Waals surface area contributed by atoms with Gasteiger partial charge in [0.25, 0.3) is 0 Å². The van der Waals surface area contributed by atoms with Crippen molar-refractivity contribution in [1.82, 2.24) is 0 Å². The number of rotatable bonds is 9. The molecule has 0 amide bonds. The first kappa shape index (κ1) is 16.7. The van der Waals surface area contributed by atoms with Crippen LogP contribution in [0.5, 0.6) is 0 Å². The number of unbranched alkanes of at least 4 members (excludes halogenated alkanes) is 1. The van der Waals surface area contributed by atoms with Crippen LogP contribution in [0.1, 0.15) is 56.7 Å². The molecule has 3 N–H and O–H groups in total. The van der Waals surface area contributed by atoms with E-state index in [1.807, 2.05) is 0 Å². The third kappa shape index (κ3) is 5.76. The monoisotopic (exact) mass is 280 g/mol. The Morgan fingerprint density at radius 2 is 2.15 bits per heavy atom. The first-order valence-corrected chi connectivity index (χ1v) is 7.12. The quantitative estimate of drug-likeness (QED) is 0.608. The van der Waals surface area contributed by atoms with Gasteiger partial charge in [-0.1, -0.05) is 13.3 Å². The van der Waals surface area contributed by atoms with E-state index in [1.165, 1.54) is 0 Å². The summed E-state index contributed by atoms with van der Waals surface area (Å²) in [6.45, 7) is 2.08. The largest absolute Gasteiger partial charge is 0.461 e. The first-order valence-electron chi connectivity index (χ1n) is 7.12. The van der Waals surface area contributed by atoms with Crippen molar-refractivity contribution in [1.29, 1.82) is 0 Å². The van der Waals surface area contributed by atoms with Crippen LogP contribution in [-0.2, 0) is 6.61 Å². The molecule has 0 saturated heterocycles. The SMILES string of the molecule is CCCCC(=C=CC[C@H](O)c1ccc(CO)o1)CCO. The van der Waals surface area contributed by atoms with Crippen molar-refractivity contribution in [3.8, 4) is 0 Å². The van der Waals surface area contributed by atoms with E-state index < -0.39 is 6.10 Å². The molecule has 0 radical (unpaired) electrons. The Labute approximate surface area is 120 Å². The summed E-state index contributed by atoms with van der Waals surface area (Å²) in [6, 6.07) is 3.32. The Morgan fingerprint density at radius 3 is 2.75 bits per heavy atom. The van der Waals surface area contributed by atoms with Crippen LogP contribution >= 0.6 is 0 Å². The molecular formula is C16H24O4. The molecular weight excluding hydrogens is 256 g/mol. The summed E-state index contributed by atoms with van der Waals surface area (Å²) in [5, 5.41) is 27.8. The van der Waals surface area contributed by atoms with Crippen molar-refractivity contribution in [3.63, 3.8) is 0 Å². The standard InChI is InChI=1S/C16H24O4/c1-2-3-5-13(10-11-17)6-4-7-15(19)16-9-8-14(12-18)20-16/h4,8-9,15,17-19H,2-3,5,7,10-12H2,1H3/t6?,15-/m0/s1. The Morgan fingerprint density at radius 1 is 1.35 bits per heavy atom. The minimum absolute atomic E-state index is 0.125. The predicted octanol–water partition coefficient (Wildman–Crippen LogP) is 2.85. The number of furan rings is 1. The van der Waals surface area contributed by atoms with Crippen LogP contribution in [0.2, 0.25) is 0 Å². The second-order valence-corrected chi connectivity index (χ2v) is 4.74. The molecule has 0 aliphatic heterocycles. The first-order chi connectivity index (χ1) is 9.71. The molecule has 0 aromatic carbocycles. The molecule has 1 aromatic rings. The predicted molar refractivity (Wildman–Crippen MR) is 77.0 cm³/mol. The van der Waals surface area contributed by atoms with E-state index in [-0.39, 0.29) is 13.2 Å². The highest BCUT2D eigenvalue weighted by molar-refractivity contribution is 5.10. The summed E-state index contributed by atoms with van der Waals surface area (Å²) in [6.07, 6.45) is 5.20. The molecule has 1 rings (SSSR count). The minimum Gasteiger partial charge on any atom is -0.461 e. The topological polar surface area (TPSA) is 73.8 Å². The van der Waals surface area contributed by atoms with Gasteiger partial charge in [-0.15, -0.1) is 5.73 Å². The molecule has 0 spiro atoms. The molecule has 112 valence electrons. The van der Waals surface area contributed by atoms with Gasteiger partial charge in [0.1, 0.15) is 24.2 Å². The zero-order valence-electron chi connectivity index (χ0n) is 12.0. The van der Waals surface area contributed by atoms with Crippen LogP contribution in [0.4, 0.5) is 0 Å². The maximum atomic E-state index is 9.94. The van der Waals surface area contributed by atoms with Crippen molar-refractivity contribution < 1.29 is 19.7 Å². The lowest BCUT2D eigenvalue weighted by Crippen LogP contribution is -1.93. The van der Waals surface area contributed by atoms with E-state index in [4.69, 9.17) is 14.6 Å². The molecule has 0 bridgehead atoms. The molecule has 4 heteroatoms. The van der Waals surface area contributed by atoms with E-state index >= 15 is 0 Å². The Kier molecular flexibility index (Phi) is 8.00. The highest BCUT2D eigenvalue weighted by atomic mass is 16.4. The highest BCUT2D eigenvalue weighted by Crippen LogP contribution is 2.20. The van der Waals surface area contributed by atoms with Gasteiger partial charge in [0.2, 0.25) is 0 Å². The lowest BCUT2D eigenvalue weighted by atomic mass is 10.1. The number of hydrogen-bond acceptors (Lipinski definition) is 4. The van der Waals surface area contributed by atoms with Gasteiger partial charge in [-0.25, -0.2) is 0 Å². The maximum Gasteiger partial charge on any atom is 0.133 e. The Bertz CT molecular complexity index is 441. The van der Waals surface area contributed by atoms with Gasteiger partial charge in [-0.05, 0) is 43.0 Å². The molecule has 20 heavy (non-hydrogen) atoms. The third-order valence-electron chi connectivity index (χ3n) is 3.06. The Hall–Kier alpha value is -1.32. The average molecular weight is 280 g/mol. The zero-order valence-corrected chi connectivity index (χ0v) is 12.0. The van der Waals surface area contributed by atoms with E-state index in [2.05, 4.69) is 12.7 Å². The molecule has 0 aliphatic rings. The van der Waals surface area contributed by atoms with Crippen molar-refractivity contribution in [2.75, 3.05) is 6.61 Å². The van der Waals surface area contributed by atoms with Crippen molar-refractivity contribution in [2.45, 2.75) is 51.7 Å². The smallest absolute Gasteiger partial charge is 0.133 e. The second-order valence-electron chi connectivity index (χ2n) is 4.74. The highest BCUT2D eigenvalue weighted by Gasteiger charge is 2.10. The second kappa shape index (κ2) is 9.56. The van der Waals surface area contributed by atoms with Gasteiger partial charge in [0.15, 0.2) is 0 Å². The zero-order chi connectivity index (χ0) is 14.8. The molecule has 1 atom stereocenters. The summed E-state index contributed by atoms with van der Waals surface area (Å²) in [5.41, 5.74) is 4.24. The fourth-order valence-corrected chi connectivity index (χ4v) is 1.88. The summed E-state index contributed by atoms with van der Waals surface area (Å²) >= 11 is 0. The molecule has 1 aromatic heterocycles. The lowest BCUT2D eigenvalue weighted by molar-refractivity contribution is 0.145. The fraction of sp³-hybridized carbons (Fsp3) is 0.562. The maximum absolute atomic E-state index is 9.94. The molecule has 0 fully saturated rings. The fourth-order valence-electron chi connectivity index (χ4n) is 1.88. The van der Waals surface area contributed by atoms with Crippen LogP contribution < -0.4 is 0 Å². The van der Waals surface area contributed by atoms with E-state index in [9.17, 15) is 5.11 Å². The van der Waals surface area contributed by atoms with Gasteiger partial charge in [-0.2, -0.15) is 0 Å². The number of hydrogen-bond donors (Lipinski definition) is 3. The van der Waals surface area contributed by atoms with Gasteiger partial charge >= 0.3 is 0 Å². The Balaban J connectivity index is 2.59. The van der Waals surface area contributed by atoms with Gasteiger partial charge in [-0.3, -0.25) is 0 Å². The lowest BCUT2D eigenvalue weighted by Gasteiger charge is -2.04. The van der Waals surface area contributed by atoms with Gasteiger partial charge in [0.05, 0.1) is 0 Å². The number of aliphatic hydroxyl groups is 3. The van der Waals surface area contributed by atoms with Crippen molar-refractivity contribution >= 4 is 0 Å². The van der Waals surface area contributed by atoms with E-state index in [0.717, 1.165) is 24.8 Å². The van der Waals surface area contributed by atoms with Crippen LogP contribution in [0.25, 0.3) is 0 Å². The summed E-state index contributed by atoms with van der Waals surface area (Å²) < 4.78 is 5.27. The summed E-state index contributed by atoms with van der Waals surface area (Å²) in [5.74, 6) is 0.895. The van der Waals surface area contributed by atoms with E-state index in [1.54, 1.807) is 18.2 Å². The summed E-state index contributed by atoms with van der Waals surface area (Å²) in [7, 11) is 0. The van der Waals surface area contributed by atoms with E-state index in [0.29, 0.717) is 24.4 Å². The van der Waals surface area contributed by atoms with Gasteiger partial charge < -0.3 is 19.7 Å². The molecule has 0 aliphatic carbocycles. The van der Waals surface area contributed by atoms with Crippen molar-refractivity contribution in [2.24, 2.45) is 0 Å². The molecule has 0 saturated carbocycles. The van der Waals surface area contributed by atoms with Gasteiger partial charge in [0, 0.05) is 13.0 Å². The molecule has 0 unspecified atom stereocenters. The molecule has 1 heterocycles. The molecule has 4 nitrogen and oxygen atoms in total. The summed E-state index contributed by atoms with van der Waals surface area (Å²) in [4.78, 5) is 0. The van der Waals surface area contributed by atoms with Crippen molar-refractivity contribution in [3.05, 3.63) is 41.0 Å². The van der Waals surface area contributed by atoms with Crippen LogP contribution in [0.15, 0.2) is 33.9 Å². The number of aliphatic hydroxyl groups excluding tert-OH is 3. The third-order valence-corrected chi connectivity index (χ3v) is 3.06. The van der Waals surface area contributed by atoms with Crippen LogP contribution in [-0.4, -0.2) is 21.9 Å².